The Morgan fingerprint density at radius 2 is 1.48 bits per heavy atom. The Bertz CT molecular complexity index is 312. The monoisotopic (exact) mass is 328 g/mol. The van der Waals surface area contributed by atoms with Crippen molar-refractivity contribution < 1.29 is 19.1 Å². The molecule has 0 aromatic carbocycles. The number of carbonyl (C=O) groups is 2. The Morgan fingerprint density at radius 3 is 2.04 bits per heavy atom. The van der Waals surface area contributed by atoms with E-state index in [1.807, 2.05) is 13.8 Å². The molecule has 0 amide bonds. The molecule has 0 N–H and O–H groups in total. The second kappa shape index (κ2) is 14.5. The highest BCUT2D eigenvalue weighted by molar-refractivity contribution is 5.79. The maximum Gasteiger partial charge on any atom is 0.309 e. The molecule has 1 unspecified atom stereocenters. The molecule has 0 heterocycles. The average molecular weight is 328 g/mol. The Morgan fingerprint density at radius 1 is 0.870 bits per heavy atom. The summed E-state index contributed by atoms with van der Waals surface area (Å²) in [5.41, 5.74) is 0. The van der Waals surface area contributed by atoms with Crippen LogP contribution in [0.15, 0.2) is 0 Å². The molecule has 0 aliphatic heterocycles. The van der Waals surface area contributed by atoms with Crippen molar-refractivity contribution in [3.8, 4) is 0 Å². The van der Waals surface area contributed by atoms with Crippen LogP contribution in [0.25, 0.3) is 0 Å². The van der Waals surface area contributed by atoms with Gasteiger partial charge >= 0.3 is 11.9 Å². The van der Waals surface area contributed by atoms with Gasteiger partial charge in [-0.1, -0.05) is 65.7 Å². The predicted molar refractivity (Wildman–Crippen MR) is 93.1 cm³/mol. The molecule has 0 aliphatic rings. The van der Waals surface area contributed by atoms with Crippen LogP contribution in [0, 0.1) is 11.8 Å². The van der Waals surface area contributed by atoms with E-state index in [0.717, 1.165) is 12.8 Å². The highest BCUT2D eigenvalue weighted by Crippen LogP contribution is 2.18. The second-order valence-electron chi connectivity index (χ2n) is 6.64. The van der Waals surface area contributed by atoms with Crippen molar-refractivity contribution in [2.75, 3.05) is 13.2 Å². The molecule has 23 heavy (non-hydrogen) atoms. The number of unbranched alkanes of at least 4 members (excludes halogenated alkanes) is 6. The topological polar surface area (TPSA) is 52.6 Å². The van der Waals surface area contributed by atoms with Crippen molar-refractivity contribution in [3.05, 3.63) is 0 Å². The first-order chi connectivity index (χ1) is 11.0. The molecule has 136 valence electrons. The zero-order chi connectivity index (χ0) is 17.5. The quantitative estimate of drug-likeness (QED) is 0.336. The van der Waals surface area contributed by atoms with E-state index < -0.39 is 0 Å². The van der Waals surface area contributed by atoms with Gasteiger partial charge in [-0.3, -0.25) is 9.59 Å². The molecular formula is C19H36O4. The minimum absolute atomic E-state index is 0.140. The maximum absolute atomic E-state index is 12.0. The largest absolute Gasteiger partial charge is 0.466 e. The van der Waals surface area contributed by atoms with Crippen molar-refractivity contribution in [2.24, 2.45) is 11.8 Å². The molecule has 1 atom stereocenters. The van der Waals surface area contributed by atoms with E-state index in [9.17, 15) is 9.59 Å². The molecule has 0 spiro atoms. The zero-order valence-electron chi connectivity index (χ0n) is 15.6. The van der Waals surface area contributed by atoms with E-state index in [1.165, 1.54) is 32.1 Å². The third kappa shape index (κ3) is 13.1. The first-order valence-electron chi connectivity index (χ1n) is 9.33. The van der Waals surface area contributed by atoms with Crippen LogP contribution < -0.4 is 0 Å². The van der Waals surface area contributed by atoms with E-state index in [1.54, 1.807) is 6.92 Å². The Labute approximate surface area is 142 Å². The fourth-order valence-electron chi connectivity index (χ4n) is 2.43. The van der Waals surface area contributed by atoms with Gasteiger partial charge in [0.2, 0.25) is 0 Å². The van der Waals surface area contributed by atoms with Crippen LogP contribution >= 0.6 is 0 Å². The summed E-state index contributed by atoms with van der Waals surface area (Å²) in [4.78, 5) is 23.8. The van der Waals surface area contributed by atoms with Gasteiger partial charge in [-0.25, -0.2) is 0 Å². The van der Waals surface area contributed by atoms with Crippen LogP contribution in [0.2, 0.25) is 0 Å². The summed E-state index contributed by atoms with van der Waals surface area (Å²) < 4.78 is 10.3. The SMILES string of the molecule is CCCCCCCCCC(CC(=O)OCC(C)C)C(=O)OCC. The highest BCUT2D eigenvalue weighted by atomic mass is 16.5. The average Bonchev–Trinajstić information content (AvgIpc) is 2.51. The van der Waals surface area contributed by atoms with Gasteiger partial charge in [0.1, 0.15) is 0 Å². The van der Waals surface area contributed by atoms with Crippen molar-refractivity contribution in [1.82, 2.24) is 0 Å². The summed E-state index contributed by atoms with van der Waals surface area (Å²) in [6, 6.07) is 0. The minimum Gasteiger partial charge on any atom is -0.466 e. The van der Waals surface area contributed by atoms with Crippen molar-refractivity contribution >= 4 is 11.9 Å². The molecule has 4 nitrogen and oxygen atoms in total. The van der Waals surface area contributed by atoms with Gasteiger partial charge in [-0.05, 0) is 19.3 Å². The lowest BCUT2D eigenvalue weighted by molar-refractivity contribution is -0.155. The van der Waals surface area contributed by atoms with Gasteiger partial charge in [-0.2, -0.15) is 0 Å². The Balaban J connectivity index is 4.09. The van der Waals surface area contributed by atoms with Crippen LogP contribution in [-0.4, -0.2) is 25.2 Å². The van der Waals surface area contributed by atoms with Crippen molar-refractivity contribution in [1.29, 1.82) is 0 Å². The summed E-state index contributed by atoms with van der Waals surface area (Å²) in [7, 11) is 0. The van der Waals surface area contributed by atoms with Crippen LogP contribution in [0.3, 0.4) is 0 Å². The molecule has 0 aromatic rings. The summed E-state index contributed by atoms with van der Waals surface area (Å²) in [5.74, 6) is -0.604. The minimum atomic E-state index is -0.356. The van der Waals surface area contributed by atoms with Crippen LogP contribution in [0.4, 0.5) is 0 Å². The van der Waals surface area contributed by atoms with E-state index in [-0.39, 0.29) is 24.3 Å². The van der Waals surface area contributed by atoms with Gasteiger partial charge in [0.05, 0.1) is 25.6 Å². The smallest absolute Gasteiger partial charge is 0.309 e. The Hall–Kier alpha value is -1.06. The van der Waals surface area contributed by atoms with E-state index in [0.29, 0.717) is 25.6 Å². The van der Waals surface area contributed by atoms with E-state index in [2.05, 4.69) is 6.92 Å². The molecule has 0 rings (SSSR count). The van der Waals surface area contributed by atoms with Crippen LogP contribution in [-0.2, 0) is 19.1 Å². The van der Waals surface area contributed by atoms with Crippen LogP contribution in [0.1, 0.15) is 85.5 Å². The molecule has 0 radical (unpaired) electrons. The predicted octanol–water partition coefficient (Wildman–Crippen LogP) is 4.90. The summed E-state index contributed by atoms with van der Waals surface area (Å²) in [6.45, 7) is 8.75. The van der Waals surface area contributed by atoms with E-state index in [4.69, 9.17) is 9.47 Å². The molecule has 0 saturated heterocycles. The highest BCUT2D eigenvalue weighted by Gasteiger charge is 2.23. The molecular weight excluding hydrogens is 292 g/mol. The third-order valence-corrected chi connectivity index (χ3v) is 3.77. The fourth-order valence-corrected chi connectivity index (χ4v) is 2.43. The first kappa shape index (κ1) is 21.9. The van der Waals surface area contributed by atoms with Gasteiger partial charge in [-0.15, -0.1) is 0 Å². The van der Waals surface area contributed by atoms with Crippen molar-refractivity contribution in [2.45, 2.75) is 85.5 Å². The zero-order valence-corrected chi connectivity index (χ0v) is 15.6. The third-order valence-electron chi connectivity index (χ3n) is 3.77. The lowest BCUT2D eigenvalue weighted by atomic mass is 9.97. The maximum atomic E-state index is 12.0. The number of carbonyl (C=O) groups excluding carboxylic acids is 2. The van der Waals surface area contributed by atoms with Gasteiger partial charge in [0.15, 0.2) is 0 Å². The normalized spacial score (nSPS) is 12.2. The summed E-state index contributed by atoms with van der Waals surface area (Å²) in [6.07, 6.45) is 9.23. The molecule has 4 heteroatoms. The molecule has 0 aromatic heterocycles. The molecule has 0 fully saturated rings. The first-order valence-corrected chi connectivity index (χ1v) is 9.33. The number of hydrogen-bond donors (Lipinski definition) is 0. The second-order valence-corrected chi connectivity index (χ2v) is 6.64. The number of esters is 2. The molecule has 0 saturated carbocycles. The number of rotatable bonds is 14. The van der Waals surface area contributed by atoms with Gasteiger partial charge in [0, 0.05) is 0 Å². The summed E-state index contributed by atoms with van der Waals surface area (Å²) in [5, 5.41) is 0. The lowest BCUT2D eigenvalue weighted by Gasteiger charge is -2.15. The van der Waals surface area contributed by atoms with Gasteiger partial charge in [0.25, 0.3) is 0 Å². The lowest BCUT2D eigenvalue weighted by Crippen LogP contribution is -2.23. The standard InChI is InChI=1S/C19H36O4/c1-5-7-8-9-10-11-12-13-17(19(21)22-6-2)14-18(20)23-15-16(3)4/h16-17H,5-15H2,1-4H3. The number of ether oxygens (including phenoxy) is 2. The van der Waals surface area contributed by atoms with Crippen LogP contribution in [0.5, 0.6) is 0 Å². The van der Waals surface area contributed by atoms with Gasteiger partial charge < -0.3 is 9.47 Å². The Kier molecular flexibility index (Phi) is 13.9. The van der Waals surface area contributed by atoms with Crippen molar-refractivity contribution in [3.63, 3.8) is 0 Å². The summed E-state index contributed by atoms with van der Waals surface area (Å²) >= 11 is 0. The molecule has 0 aliphatic carbocycles. The molecule has 0 bridgehead atoms. The fraction of sp³-hybridized carbons (Fsp3) is 0.895. The number of hydrogen-bond acceptors (Lipinski definition) is 4. The van der Waals surface area contributed by atoms with E-state index >= 15 is 0 Å².